The highest BCUT2D eigenvalue weighted by atomic mass is 16.5. The summed E-state index contributed by atoms with van der Waals surface area (Å²) in [6.45, 7) is 0.587. The van der Waals surface area contributed by atoms with E-state index in [4.69, 9.17) is 4.74 Å². The molecule has 0 unspecified atom stereocenters. The first-order chi connectivity index (χ1) is 11.9. The van der Waals surface area contributed by atoms with E-state index in [2.05, 4.69) is 34.2 Å². The van der Waals surface area contributed by atoms with Crippen LogP contribution in [-0.4, -0.2) is 9.97 Å². The van der Waals surface area contributed by atoms with Crippen LogP contribution in [0.1, 0.15) is 17.0 Å². The molecule has 3 heteroatoms. The molecule has 4 aromatic rings. The molecule has 0 aliphatic carbocycles. The van der Waals surface area contributed by atoms with Crippen molar-refractivity contribution in [1.82, 2.24) is 9.97 Å². The summed E-state index contributed by atoms with van der Waals surface area (Å²) >= 11 is 0. The van der Waals surface area contributed by atoms with Gasteiger partial charge in [-0.25, -0.2) is 4.98 Å². The fourth-order valence-corrected chi connectivity index (χ4v) is 2.73. The van der Waals surface area contributed by atoms with Crippen LogP contribution in [0.4, 0.5) is 0 Å². The summed E-state index contributed by atoms with van der Waals surface area (Å²) in [6.07, 6.45) is 0.785. The Labute approximate surface area is 140 Å². The molecule has 0 saturated heterocycles. The van der Waals surface area contributed by atoms with Crippen molar-refractivity contribution in [2.24, 2.45) is 0 Å². The van der Waals surface area contributed by atoms with Gasteiger partial charge in [-0.3, -0.25) is 0 Å². The summed E-state index contributed by atoms with van der Waals surface area (Å²) in [6, 6.07) is 26.5. The second kappa shape index (κ2) is 6.59. The van der Waals surface area contributed by atoms with Gasteiger partial charge in [-0.1, -0.05) is 54.6 Å². The number of ether oxygens (including phenoxy) is 1. The van der Waals surface area contributed by atoms with E-state index in [1.165, 1.54) is 11.1 Å². The zero-order valence-corrected chi connectivity index (χ0v) is 13.3. The molecule has 24 heavy (non-hydrogen) atoms. The Bertz CT molecular complexity index is 894. The van der Waals surface area contributed by atoms with Gasteiger partial charge in [-0.15, -0.1) is 0 Å². The highest BCUT2D eigenvalue weighted by Crippen LogP contribution is 2.17. The quantitative estimate of drug-likeness (QED) is 0.578. The smallest absolute Gasteiger partial charge is 0.119 e. The Balaban J connectivity index is 1.41. The summed E-state index contributed by atoms with van der Waals surface area (Å²) in [7, 11) is 0. The van der Waals surface area contributed by atoms with E-state index in [-0.39, 0.29) is 0 Å². The molecule has 4 rings (SSSR count). The van der Waals surface area contributed by atoms with Crippen LogP contribution in [0.5, 0.6) is 5.75 Å². The zero-order valence-electron chi connectivity index (χ0n) is 13.3. The second-order valence-corrected chi connectivity index (χ2v) is 5.80. The molecular weight excluding hydrogens is 296 g/mol. The van der Waals surface area contributed by atoms with Crippen LogP contribution >= 0.6 is 0 Å². The monoisotopic (exact) mass is 314 g/mol. The molecule has 118 valence electrons. The highest BCUT2D eigenvalue weighted by molar-refractivity contribution is 5.74. The average molecular weight is 314 g/mol. The van der Waals surface area contributed by atoms with Crippen molar-refractivity contribution in [3.05, 3.63) is 95.8 Å². The largest absolute Gasteiger partial charge is 0.489 e. The first-order valence-corrected chi connectivity index (χ1v) is 8.06. The second-order valence-electron chi connectivity index (χ2n) is 5.80. The number of imidazole rings is 1. The number of benzene rings is 3. The number of para-hydroxylation sites is 2. The molecule has 0 spiro atoms. The van der Waals surface area contributed by atoms with E-state index in [0.29, 0.717) is 6.61 Å². The number of fused-ring (bicyclic) bond motifs is 1. The van der Waals surface area contributed by atoms with Crippen molar-refractivity contribution in [2.45, 2.75) is 13.0 Å². The molecule has 1 N–H and O–H groups in total. The van der Waals surface area contributed by atoms with E-state index >= 15 is 0 Å². The molecule has 3 aromatic carbocycles. The number of H-pyrrole nitrogens is 1. The number of aromatic nitrogens is 2. The van der Waals surface area contributed by atoms with E-state index in [9.17, 15) is 0 Å². The van der Waals surface area contributed by atoms with Crippen LogP contribution in [0, 0.1) is 0 Å². The molecule has 0 aliphatic heterocycles. The maximum Gasteiger partial charge on any atom is 0.119 e. The van der Waals surface area contributed by atoms with Crippen molar-refractivity contribution in [3.63, 3.8) is 0 Å². The number of nitrogens with one attached hydrogen (secondary N) is 1. The minimum atomic E-state index is 0.587. The van der Waals surface area contributed by atoms with Gasteiger partial charge in [0.25, 0.3) is 0 Å². The Morgan fingerprint density at radius 1 is 0.750 bits per heavy atom. The van der Waals surface area contributed by atoms with Gasteiger partial charge in [-0.05, 0) is 35.4 Å². The molecule has 0 amide bonds. The van der Waals surface area contributed by atoms with Crippen molar-refractivity contribution >= 4 is 11.0 Å². The lowest BCUT2D eigenvalue weighted by atomic mass is 10.1. The third-order valence-electron chi connectivity index (χ3n) is 3.98. The molecule has 1 heterocycles. The molecule has 3 nitrogen and oxygen atoms in total. The molecule has 0 saturated carbocycles. The minimum Gasteiger partial charge on any atom is -0.489 e. The van der Waals surface area contributed by atoms with Crippen LogP contribution in [-0.2, 0) is 13.0 Å². The molecule has 0 atom stereocenters. The normalized spacial score (nSPS) is 10.8. The Hall–Kier alpha value is -3.07. The van der Waals surface area contributed by atoms with Gasteiger partial charge in [-0.2, -0.15) is 0 Å². The predicted octanol–water partition coefficient (Wildman–Crippen LogP) is 4.73. The number of rotatable bonds is 5. The zero-order chi connectivity index (χ0) is 16.2. The third kappa shape index (κ3) is 3.30. The van der Waals surface area contributed by atoms with Gasteiger partial charge >= 0.3 is 0 Å². The van der Waals surface area contributed by atoms with Crippen molar-refractivity contribution in [1.29, 1.82) is 0 Å². The van der Waals surface area contributed by atoms with E-state index < -0.39 is 0 Å². The van der Waals surface area contributed by atoms with Gasteiger partial charge in [0, 0.05) is 6.42 Å². The Morgan fingerprint density at radius 3 is 2.29 bits per heavy atom. The Morgan fingerprint density at radius 2 is 1.50 bits per heavy atom. The molecule has 0 radical (unpaired) electrons. The van der Waals surface area contributed by atoms with Crippen molar-refractivity contribution in [2.75, 3.05) is 0 Å². The van der Waals surface area contributed by atoms with Crippen LogP contribution in [0.25, 0.3) is 11.0 Å². The number of aromatic amines is 1. The van der Waals surface area contributed by atoms with Crippen molar-refractivity contribution < 1.29 is 4.74 Å². The van der Waals surface area contributed by atoms with E-state index in [1.807, 2.05) is 54.6 Å². The van der Waals surface area contributed by atoms with Gasteiger partial charge in [0.15, 0.2) is 0 Å². The number of hydrogen-bond donors (Lipinski definition) is 1. The molecule has 0 bridgehead atoms. The van der Waals surface area contributed by atoms with E-state index in [1.54, 1.807) is 0 Å². The molecule has 0 fully saturated rings. The average Bonchev–Trinajstić information content (AvgIpc) is 3.04. The summed E-state index contributed by atoms with van der Waals surface area (Å²) in [5, 5.41) is 0. The first-order valence-electron chi connectivity index (χ1n) is 8.06. The van der Waals surface area contributed by atoms with Gasteiger partial charge in [0.1, 0.15) is 18.2 Å². The van der Waals surface area contributed by atoms with E-state index in [0.717, 1.165) is 29.0 Å². The summed E-state index contributed by atoms with van der Waals surface area (Å²) in [4.78, 5) is 7.98. The fourth-order valence-electron chi connectivity index (χ4n) is 2.73. The summed E-state index contributed by atoms with van der Waals surface area (Å²) in [5.41, 5.74) is 4.47. The summed E-state index contributed by atoms with van der Waals surface area (Å²) < 4.78 is 5.82. The topological polar surface area (TPSA) is 37.9 Å². The maximum absolute atomic E-state index is 5.82. The fraction of sp³-hybridized carbons (Fsp3) is 0.0952. The molecule has 0 aliphatic rings. The number of nitrogens with zero attached hydrogens (tertiary/aromatic N) is 1. The lowest BCUT2D eigenvalue weighted by Crippen LogP contribution is -1.95. The van der Waals surface area contributed by atoms with Crippen molar-refractivity contribution in [3.8, 4) is 5.75 Å². The van der Waals surface area contributed by atoms with Crippen LogP contribution in [0.2, 0.25) is 0 Å². The predicted molar refractivity (Wildman–Crippen MR) is 96.1 cm³/mol. The standard InChI is InChI=1S/C21H18N2O/c1-2-6-17(7-3-1)15-24-18-12-10-16(11-13-18)14-21-22-19-8-4-5-9-20(19)23-21/h1-13H,14-15H2,(H,22,23). The van der Waals surface area contributed by atoms with Crippen LogP contribution < -0.4 is 4.74 Å². The highest BCUT2D eigenvalue weighted by Gasteiger charge is 2.04. The van der Waals surface area contributed by atoms with Gasteiger partial charge in [0.2, 0.25) is 0 Å². The SMILES string of the molecule is c1ccc(COc2ccc(Cc3nc4ccccc4[nH]3)cc2)cc1. The van der Waals surface area contributed by atoms with Crippen LogP contribution in [0.3, 0.4) is 0 Å². The number of hydrogen-bond acceptors (Lipinski definition) is 2. The molecular formula is C21H18N2O. The Kier molecular flexibility index (Phi) is 3.98. The lowest BCUT2D eigenvalue weighted by Gasteiger charge is -2.07. The third-order valence-corrected chi connectivity index (χ3v) is 3.98. The lowest BCUT2D eigenvalue weighted by molar-refractivity contribution is 0.306. The maximum atomic E-state index is 5.82. The minimum absolute atomic E-state index is 0.587. The van der Waals surface area contributed by atoms with Gasteiger partial charge in [0.05, 0.1) is 11.0 Å². The molecule has 1 aromatic heterocycles. The van der Waals surface area contributed by atoms with Crippen LogP contribution in [0.15, 0.2) is 78.9 Å². The first kappa shape index (κ1) is 14.5. The van der Waals surface area contributed by atoms with Gasteiger partial charge < -0.3 is 9.72 Å². The summed E-state index contributed by atoms with van der Waals surface area (Å²) in [5.74, 6) is 1.86.